The summed E-state index contributed by atoms with van der Waals surface area (Å²) in [5, 5.41) is 2.27. The molecule has 0 saturated carbocycles. The number of hydrogen-bond acceptors (Lipinski definition) is 4. The second kappa shape index (κ2) is 8.76. The molecule has 0 radical (unpaired) electrons. The first-order valence-electron chi connectivity index (χ1n) is 7.63. The van der Waals surface area contributed by atoms with Crippen molar-refractivity contribution in [1.82, 2.24) is 9.80 Å². The van der Waals surface area contributed by atoms with Crippen molar-refractivity contribution in [2.45, 2.75) is 26.2 Å². The van der Waals surface area contributed by atoms with Gasteiger partial charge in [0, 0.05) is 37.1 Å². The van der Waals surface area contributed by atoms with Gasteiger partial charge in [-0.25, -0.2) is 4.79 Å². The van der Waals surface area contributed by atoms with Crippen LogP contribution in [0.25, 0.3) is 0 Å². The van der Waals surface area contributed by atoms with Gasteiger partial charge in [-0.15, -0.1) is 11.3 Å². The van der Waals surface area contributed by atoms with Crippen LogP contribution in [0.4, 0.5) is 4.79 Å². The van der Waals surface area contributed by atoms with Crippen LogP contribution >= 0.6 is 34.5 Å². The van der Waals surface area contributed by atoms with Gasteiger partial charge in [-0.1, -0.05) is 36.5 Å². The zero-order valence-electron chi connectivity index (χ0n) is 13.0. The van der Waals surface area contributed by atoms with E-state index in [0.29, 0.717) is 47.7 Å². The minimum atomic E-state index is -0.297. The summed E-state index contributed by atoms with van der Waals surface area (Å²) in [5.74, 6) is -0.0220. The van der Waals surface area contributed by atoms with Crippen molar-refractivity contribution in [3.05, 3.63) is 20.3 Å². The van der Waals surface area contributed by atoms with Crippen LogP contribution in [0.15, 0.2) is 5.38 Å². The fourth-order valence-corrected chi connectivity index (χ4v) is 3.67. The van der Waals surface area contributed by atoms with Crippen LogP contribution in [0.1, 0.15) is 25.3 Å². The highest BCUT2D eigenvalue weighted by atomic mass is 35.5. The Balaban J connectivity index is 1.80. The second-order valence-electron chi connectivity index (χ2n) is 5.35. The normalized spacial score (nSPS) is 14.9. The van der Waals surface area contributed by atoms with Crippen molar-refractivity contribution in [1.29, 1.82) is 0 Å². The number of thiophene rings is 1. The monoisotopic (exact) mass is 378 g/mol. The molecule has 2 rings (SSSR count). The molecule has 128 valence electrons. The third kappa shape index (κ3) is 4.99. The highest BCUT2D eigenvalue weighted by Gasteiger charge is 2.26. The molecule has 1 aliphatic rings. The minimum absolute atomic E-state index is 0.0220. The minimum Gasteiger partial charge on any atom is -0.449 e. The Morgan fingerprint density at radius 2 is 1.87 bits per heavy atom. The van der Waals surface area contributed by atoms with E-state index in [0.717, 1.165) is 12.8 Å². The van der Waals surface area contributed by atoms with E-state index >= 15 is 0 Å². The van der Waals surface area contributed by atoms with Crippen LogP contribution in [0.2, 0.25) is 9.36 Å². The molecule has 1 aromatic rings. The summed E-state index contributed by atoms with van der Waals surface area (Å²) >= 11 is 13.4. The molecule has 2 heterocycles. The van der Waals surface area contributed by atoms with Crippen LogP contribution in [-0.4, -0.2) is 54.6 Å². The molecule has 1 fully saturated rings. The molecule has 0 spiro atoms. The van der Waals surface area contributed by atoms with Crippen molar-refractivity contribution in [2.24, 2.45) is 0 Å². The molecular formula is C15H20Cl2N2O3S. The smallest absolute Gasteiger partial charge is 0.409 e. The Bertz CT molecular complexity index is 537. The molecule has 1 aromatic heterocycles. The summed E-state index contributed by atoms with van der Waals surface area (Å²) in [6.45, 7) is 4.47. The summed E-state index contributed by atoms with van der Waals surface area (Å²) in [4.78, 5) is 27.6. The molecule has 1 saturated heterocycles. The number of hydrogen-bond donors (Lipinski definition) is 0. The van der Waals surface area contributed by atoms with Gasteiger partial charge >= 0.3 is 6.09 Å². The largest absolute Gasteiger partial charge is 0.449 e. The van der Waals surface area contributed by atoms with E-state index in [-0.39, 0.29) is 18.4 Å². The maximum atomic E-state index is 12.3. The number of halogens is 2. The van der Waals surface area contributed by atoms with Gasteiger partial charge in [-0.2, -0.15) is 0 Å². The standard InChI is InChI=1S/C15H20Cl2N2O3S/c1-2-3-8-22-15(21)19-6-4-18(5-7-19)13(20)9-11-12(16)10-23-14(11)17/h10H,2-9H2,1H3. The summed E-state index contributed by atoms with van der Waals surface area (Å²) in [7, 11) is 0. The summed E-state index contributed by atoms with van der Waals surface area (Å²) < 4.78 is 5.74. The lowest BCUT2D eigenvalue weighted by Crippen LogP contribution is -2.51. The first-order chi connectivity index (χ1) is 11.0. The molecule has 0 aliphatic carbocycles. The molecule has 2 amide bonds. The van der Waals surface area contributed by atoms with Crippen molar-refractivity contribution in [3.8, 4) is 0 Å². The zero-order chi connectivity index (χ0) is 16.8. The number of carbonyl (C=O) groups excluding carboxylic acids is 2. The van der Waals surface area contributed by atoms with E-state index in [1.54, 1.807) is 15.2 Å². The van der Waals surface area contributed by atoms with Gasteiger partial charge in [-0.05, 0) is 6.42 Å². The van der Waals surface area contributed by atoms with Crippen LogP contribution < -0.4 is 0 Å². The van der Waals surface area contributed by atoms with Gasteiger partial charge < -0.3 is 14.5 Å². The first-order valence-corrected chi connectivity index (χ1v) is 9.27. The highest BCUT2D eigenvalue weighted by molar-refractivity contribution is 7.15. The van der Waals surface area contributed by atoms with Crippen molar-refractivity contribution >= 4 is 46.5 Å². The molecule has 8 heteroatoms. The van der Waals surface area contributed by atoms with E-state index in [9.17, 15) is 9.59 Å². The van der Waals surface area contributed by atoms with E-state index in [4.69, 9.17) is 27.9 Å². The summed E-state index contributed by atoms with van der Waals surface area (Å²) in [6.07, 6.45) is 1.76. The average molecular weight is 379 g/mol. The molecule has 0 unspecified atom stereocenters. The van der Waals surface area contributed by atoms with Gasteiger partial charge in [0.25, 0.3) is 0 Å². The molecular weight excluding hydrogens is 359 g/mol. The number of piperazine rings is 1. The number of amides is 2. The van der Waals surface area contributed by atoms with Gasteiger partial charge in [-0.3, -0.25) is 4.79 Å². The van der Waals surface area contributed by atoms with Crippen LogP contribution in [0.3, 0.4) is 0 Å². The van der Waals surface area contributed by atoms with Crippen molar-refractivity contribution in [2.75, 3.05) is 32.8 Å². The molecule has 0 N–H and O–H groups in total. The predicted octanol–water partition coefficient (Wildman–Crippen LogP) is 3.68. The molecule has 1 aliphatic heterocycles. The molecule has 0 aromatic carbocycles. The SMILES string of the molecule is CCCCOC(=O)N1CCN(C(=O)Cc2c(Cl)csc2Cl)CC1. The Morgan fingerprint density at radius 1 is 1.22 bits per heavy atom. The lowest BCUT2D eigenvalue weighted by molar-refractivity contribution is -0.132. The maximum absolute atomic E-state index is 12.3. The van der Waals surface area contributed by atoms with E-state index in [1.807, 2.05) is 6.92 Å². The van der Waals surface area contributed by atoms with Crippen LogP contribution in [0.5, 0.6) is 0 Å². The zero-order valence-corrected chi connectivity index (χ0v) is 15.3. The van der Waals surface area contributed by atoms with Gasteiger partial charge in [0.15, 0.2) is 0 Å². The Labute approximate surface area is 150 Å². The predicted molar refractivity (Wildman–Crippen MR) is 92.5 cm³/mol. The van der Waals surface area contributed by atoms with Gasteiger partial charge in [0.1, 0.15) is 0 Å². The van der Waals surface area contributed by atoms with Crippen LogP contribution in [0, 0.1) is 0 Å². The van der Waals surface area contributed by atoms with E-state index < -0.39 is 0 Å². The molecule has 0 bridgehead atoms. The number of ether oxygens (including phenoxy) is 1. The number of carbonyl (C=O) groups is 2. The topological polar surface area (TPSA) is 49.9 Å². The third-order valence-corrected chi connectivity index (χ3v) is 5.50. The Kier molecular flexibility index (Phi) is 6.99. The number of nitrogens with zero attached hydrogens (tertiary/aromatic N) is 2. The summed E-state index contributed by atoms with van der Waals surface area (Å²) in [6, 6.07) is 0. The maximum Gasteiger partial charge on any atom is 0.409 e. The van der Waals surface area contributed by atoms with Gasteiger partial charge in [0.2, 0.25) is 5.91 Å². The van der Waals surface area contributed by atoms with Gasteiger partial charge in [0.05, 0.1) is 22.4 Å². The highest BCUT2D eigenvalue weighted by Crippen LogP contribution is 2.32. The summed E-state index contributed by atoms with van der Waals surface area (Å²) in [5.41, 5.74) is 0.685. The van der Waals surface area contributed by atoms with E-state index in [2.05, 4.69) is 0 Å². The number of rotatable bonds is 5. The van der Waals surface area contributed by atoms with Crippen molar-refractivity contribution < 1.29 is 14.3 Å². The van der Waals surface area contributed by atoms with Crippen LogP contribution in [-0.2, 0) is 16.0 Å². The van der Waals surface area contributed by atoms with Crippen molar-refractivity contribution in [3.63, 3.8) is 0 Å². The Morgan fingerprint density at radius 3 is 2.43 bits per heavy atom. The van der Waals surface area contributed by atoms with E-state index in [1.165, 1.54) is 11.3 Å². The fraction of sp³-hybridized carbons (Fsp3) is 0.600. The molecule has 5 nitrogen and oxygen atoms in total. The molecule has 23 heavy (non-hydrogen) atoms. The lowest BCUT2D eigenvalue weighted by atomic mass is 10.2. The first kappa shape index (κ1) is 18.4. The quantitative estimate of drug-likeness (QED) is 0.734. The third-order valence-electron chi connectivity index (χ3n) is 3.73. The lowest BCUT2D eigenvalue weighted by Gasteiger charge is -2.34. The average Bonchev–Trinajstić information content (AvgIpc) is 2.87. The molecule has 0 atom stereocenters. The Hall–Kier alpha value is -0.980. The number of unbranched alkanes of at least 4 members (excludes halogenated alkanes) is 1. The second-order valence-corrected chi connectivity index (χ2v) is 7.24. The fourth-order valence-electron chi connectivity index (χ4n) is 2.29.